The molecule has 0 unspecified atom stereocenters. The Balaban J connectivity index is 0.000000153. The minimum absolute atomic E-state index is 0.0511. The van der Waals surface area contributed by atoms with Gasteiger partial charge < -0.3 is 52.0 Å². The number of ether oxygens (including phenoxy) is 1. The van der Waals surface area contributed by atoms with Gasteiger partial charge in [-0.05, 0) is 141 Å². The summed E-state index contributed by atoms with van der Waals surface area (Å²) in [6.07, 6.45) is 7.21. The van der Waals surface area contributed by atoms with Gasteiger partial charge in [0.1, 0.15) is 11.5 Å². The normalized spacial score (nSPS) is 18.4. The van der Waals surface area contributed by atoms with Gasteiger partial charge in [-0.25, -0.2) is 14.4 Å². The number of phenols is 3. The van der Waals surface area contributed by atoms with Crippen LogP contribution in [0.15, 0.2) is 121 Å². The molecule has 68 heavy (non-hydrogen) atoms. The fourth-order valence-corrected chi connectivity index (χ4v) is 10.4. The molecule has 4 bridgehead atoms. The van der Waals surface area contributed by atoms with E-state index in [1.807, 2.05) is 36.4 Å². The average Bonchev–Trinajstić information content (AvgIpc) is 3.27. The Morgan fingerprint density at radius 1 is 0.456 bits per heavy atom. The second kappa shape index (κ2) is 22.5. The fourth-order valence-electron chi connectivity index (χ4n) is 8.96. The summed E-state index contributed by atoms with van der Waals surface area (Å²) < 4.78 is 5.69. The van der Waals surface area contributed by atoms with Crippen molar-refractivity contribution in [1.29, 1.82) is 0 Å². The molecule has 6 amide bonds. The summed E-state index contributed by atoms with van der Waals surface area (Å²) in [5.74, 6) is 3.01. The van der Waals surface area contributed by atoms with Gasteiger partial charge in [0.15, 0.2) is 17.2 Å². The van der Waals surface area contributed by atoms with Gasteiger partial charge in [-0.15, -0.1) is 0 Å². The number of carbonyl (C=O) groups is 3. The topological polar surface area (TPSA) is 193 Å². The molecule has 19 heteroatoms. The summed E-state index contributed by atoms with van der Waals surface area (Å²) in [6.45, 7) is 0. The average molecular weight is 1040 g/mol. The standard InChI is InChI=1S/C19H14Cl2N2O3.C17H20Cl2N2O2.C13H10Cl2N2O2/c20-12-10-16(21)18(24)17(11-12)23-19(25)22-13-6-8-15(9-7-13)26-14-4-2-1-3-5-14;18-12-4-13(19)15(22)14(5-12)20-16(23)21-17-6-9-1-10(7-17)3-11(2-9)8-17;14-8-6-10(15)12(18)11(7-8)17-13(19)16-9-4-2-1-3-5-9/h1-11,24H,(H2,22,23,25);4-5,9-11,22H,1-3,6-8H2,(H2,20,21,23);1-7,18H,(H2,16,17,19). The fraction of sp³-hybridized carbons (Fsp3) is 0.204. The Kier molecular flexibility index (Phi) is 16.5. The van der Waals surface area contributed by atoms with Crippen molar-refractivity contribution in [3.05, 3.63) is 151 Å². The van der Waals surface area contributed by atoms with Crippen molar-refractivity contribution in [1.82, 2.24) is 5.32 Å². The lowest BCUT2D eigenvalue weighted by molar-refractivity contribution is -0.0127. The molecule has 354 valence electrons. The van der Waals surface area contributed by atoms with Crippen LogP contribution in [0.2, 0.25) is 30.1 Å². The third-order valence-electron chi connectivity index (χ3n) is 11.4. The summed E-state index contributed by atoms with van der Waals surface area (Å²) in [5, 5.41) is 46.9. The zero-order valence-corrected chi connectivity index (χ0v) is 40.3. The molecule has 9 N–H and O–H groups in total. The first kappa shape index (κ1) is 50.0. The van der Waals surface area contributed by atoms with Crippen LogP contribution in [0.1, 0.15) is 38.5 Å². The number of anilines is 5. The highest BCUT2D eigenvalue weighted by Crippen LogP contribution is 2.55. The molecule has 4 saturated carbocycles. The number of nitrogens with one attached hydrogen (secondary N) is 6. The lowest BCUT2D eigenvalue weighted by atomic mass is 9.53. The Morgan fingerprint density at radius 2 is 0.809 bits per heavy atom. The van der Waals surface area contributed by atoms with Crippen molar-refractivity contribution in [3.63, 3.8) is 0 Å². The van der Waals surface area contributed by atoms with Crippen molar-refractivity contribution in [3.8, 4) is 28.7 Å². The van der Waals surface area contributed by atoms with E-state index in [9.17, 15) is 29.7 Å². The second-order valence-electron chi connectivity index (χ2n) is 16.6. The number of phenolic OH excluding ortho intramolecular Hbond substituents is 3. The number of rotatable bonds is 8. The molecule has 0 radical (unpaired) electrons. The van der Waals surface area contributed by atoms with Crippen molar-refractivity contribution in [2.45, 2.75) is 44.1 Å². The Morgan fingerprint density at radius 3 is 1.22 bits per heavy atom. The molecule has 6 aromatic rings. The molecular weight excluding hydrogens is 997 g/mol. The molecule has 0 heterocycles. The van der Waals surface area contributed by atoms with Crippen LogP contribution in [0.3, 0.4) is 0 Å². The van der Waals surface area contributed by atoms with Crippen LogP contribution < -0.4 is 36.6 Å². The third-order valence-corrected chi connectivity index (χ3v) is 12.9. The number of hydrogen-bond donors (Lipinski definition) is 9. The van der Waals surface area contributed by atoms with E-state index in [4.69, 9.17) is 74.3 Å². The van der Waals surface area contributed by atoms with Crippen LogP contribution in [-0.4, -0.2) is 39.0 Å². The predicted molar refractivity (Wildman–Crippen MR) is 272 cm³/mol. The van der Waals surface area contributed by atoms with E-state index >= 15 is 0 Å². The van der Waals surface area contributed by atoms with E-state index in [-0.39, 0.29) is 60.9 Å². The summed E-state index contributed by atoms with van der Waals surface area (Å²) in [6, 6.07) is 32.3. The van der Waals surface area contributed by atoms with E-state index in [0.29, 0.717) is 32.2 Å². The first-order valence-corrected chi connectivity index (χ1v) is 23.4. The van der Waals surface area contributed by atoms with Crippen LogP contribution in [0.4, 0.5) is 42.8 Å². The van der Waals surface area contributed by atoms with E-state index in [0.717, 1.165) is 42.8 Å². The molecule has 0 spiro atoms. The van der Waals surface area contributed by atoms with Gasteiger partial charge in [-0.1, -0.05) is 106 Å². The van der Waals surface area contributed by atoms with E-state index in [1.54, 1.807) is 48.5 Å². The largest absolute Gasteiger partial charge is 0.504 e. The number of aromatic hydroxyl groups is 3. The number of hydrogen-bond acceptors (Lipinski definition) is 7. The van der Waals surface area contributed by atoms with Crippen molar-refractivity contribution in [2.75, 3.05) is 26.6 Å². The van der Waals surface area contributed by atoms with Gasteiger partial charge >= 0.3 is 18.1 Å². The van der Waals surface area contributed by atoms with E-state index < -0.39 is 12.1 Å². The lowest BCUT2D eigenvalue weighted by Crippen LogP contribution is -2.60. The van der Waals surface area contributed by atoms with Gasteiger partial charge in [0.2, 0.25) is 0 Å². The zero-order valence-electron chi connectivity index (χ0n) is 35.8. The number of amides is 6. The van der Waals surface area contributed by atoms with Gasteiger partial charge in [0.25, 0.3) is 0 Å². The lowest BCUT2D eigenvalue weighted by Gasteiger charge is -2.56. The molecule has 4 aliphatic rings. The van der Waals surface area contributed by atoms with Gasteiger partial charge in [0.05, 0.1) is 32.1 Å². The molecule has 0 aromatic heterocycles. The quantitative estimate of drug-likeness (QED) is 0.0677. The number of para-hydroxylation sites is 2. The van der Waals surface area contributed by atoms with Crippen molar-refractivity contribution in [2.24, 2.45) is 17.8 Å². The molecule has 4 fully saturated rings. The van der Waals surface area contributed by atoms with Gasteiger partial charge in [-0.2, -0.15) is 0 Å². The highest BCUT2D eigenvalue weighted by Gasteiger charge is 2.51. The van der Waals surface area contributed by atoms with Crippen LogP contribution in [-0.2, 0) is 0 Å². The molecular formula is C49H44Cl6N6O7. The van der Waals surface area contributed by atoms with E-state index in [1.165, 1.54) is 55.7 Å². The summed E-state index contributed by atoms with van der Waals surface area (Å²) in [5.41, 5.74) is 1.61. The number of halogens is 6. The highest BCUT2D eigenvalue weighted by molar-refractivity contribution is 6.37. The molecule has 4 aliphatic carbocycles. The molecule has 0 aliphatic heterocycles. The molecule has 10 rings (SSSR count). The Hall–Kier alpha value is -5.93. The predicted octanol–water partition coefficient (Wildman–Crippen LogP) is 15.3. The molecule has 13 nitrogen and oxygen atoms in total. The summed E-state index contributed by atoms with van der Waals surface area (Å²) in [7, 11) is 0. The Labute approximate surface area is 422 Å². The highest BCUT2D eigenvalue weighted by atomic mass is 35.5. The van der Waals surface area contributed by atoms with Crippen molar-refractivity contribution < 1.29 is 34.4 Å². The Bertz CT molecular complexity index is 2740. The maximum Gasteiger partial charge on any atom is 0.323 e. The van der Waals surface area contributed by atoms with Crippen LogP contribution >= 0.6 is 69.6 Å². The maximum absolute atomic E-state index is 12.5. The molecule has 6 aromatic carbocycles. The third kappa shape index (κ3) is 13.6. The summed E-state index contributed by atoms with van der Waals surface area (Å²) in [4.78, 5) is 36.3. The van der Waals surface area contributed by atoms with Gasteiger partial charge in [0, 0.05) is 32.0 Å². The van der Waals surface area contributed by atoms with Gasteiger partial charge in [-0.3, -0.25) is 0 Å². The minimum atomic E-state index is -0.546. The zero-order chi connectivity index (χ0) is 48.5. The molecule has 0 saturated heterocycles. The number of urea groups is 3. The second-order valence-corrected chi connectivity index (χ2v) is 19.1. The summed E-state index contributed by atoms with van der Waals surface area (Å²) >= 11 is 35.1. The number of benzene rings is 6. The van der Waals surface area contributed by atoms with Crippen LogP contribution in [0, 0.1) is 17.8 Å². The monoisotopic (exact) mass is 1040 g/mol. The first-order chi connectivity index (χ1) is 32.5. The van der Waals surface area contributed by atoms with Crippen LogP contribution in [0.5, 0.6) is 28.7 Å². The SMILES string of the molecule is O=C(Nc1cc(Cl)cc(Cl)c1O)NC12CC3CC(CC(C3)C1)C2.O=C(Nc1ccc(Oc2ccccc2)cc1)Nc1cc(Cl)cc(Cl)c1O.O=C(Nc1ccccc1)Nc1cc(Cl)cc(Cl)c1O. The smallest absolute Gasteiger partial charge is 0.323 e. The minimum Gasteiger partial charge on any atom is -0.504 e. The molecule has 0 atom stereocenters. The van der Waals surface area contributed by atoms with Crippen LogP contribution in [0.25, 0.3) is 0 Å². The first-order valence-electron chi connectivity index (χ1n) is 21.2. The van der Waals surface area contributed by atoms with Crippen molar-refractivity contribution >= 4 is 116 Å². The number of carbonyl (C=O) groups excluding carboxylic acids is 3. The van der Waals surface area contributed by atoms with E-state index in [2.05, 4.69) is 31.9 Å². The maximum atomic E-state index is 12.5.